The van der Waals surface area contributed by atoms with Gasteiger partial charge in [-0.05, 0) is 36.3 Å². The van der Waals surface area contributed by atoms with Crippen LogP contribution in [-0.2, 0) is 35.4 Å². The molecule has 2 aliphatic heterocycles. The number of sulfone groups is 1. The number of alkyl carbamates (subject to hydrolysis) is 1. The summed E-state index contributed by atoms with van der Waals surface area (Å²) in [6, 6.07) is 21.3. The monoisotopic (exact) mass is 659 g/mol. The van der Waals surface area contributed by atoms with Gasteiger partial charge in [-0.25, -0.2) is 23.0 Å². The van der Waals surface area contributed by atoms with Crippen molar-refractivity contribution in [3.8, 4) is 0 Å². The van der Waals surface area contributed by atoms with Crippen molar-refractivity contribution >= 4 is 50.4 Å². The molecule has 12 nitrogen and oxygen atoms in total. The Hall–Kier alpha value is -5.08. The summed E-state index contributed by atoms with van der Waals surface area (Å²) in [6.45, 7) is 0.535. The number of anilines is 1. The minimum Gasteiger partial charge on any atom is -0.451 e. The van der Waals surface area contributed by atoms with Crippen LogP contribution in [0.1, 0.15) is 35.5 Å². The lowest BCUT2D eigenvalue weighted by atomic mass is 9.94. The average molecular weight is 660 g/mol. The second-order valence-corrected chi connectivity index (χ2v) is 14.3. The molecule has 0 radical (unpaired) electrons. The Balaban J connectivity index is 1.33. The molecule has 2 aromatic heterocycles. The number of rotatable bonds is 9. The first-order valence-electron chi connectivity index (χ1n) is 14.2. The van der Waals surface area contributed by atoms with E-state index in [0.717, 1.165) is 4.90 Å². The number of amides is 2. The molecule has 236 valence electrons. The maximum atomic E-state index is 14.3. The lowest BCUT2D eigenvalue weighted by molar-refractivity contribution is -0.161. The van der Waals surface area contributed by atoms with E-state index in [0.29, 0.717) is 27.6 Å². The molecular formula is C32H29N5O7S2. The number of fused-ring (bicyclic) bond motifs is 1. The number of β-lactam (4-membered cyclic amide) rings is 1. The first-order chi connectivity index (χ1) is 22.1. The fraction of sp³-hybridized carbons (Fsp3) is 0.219. The van der Waals surface area contributed by atoms with Crippen molar-refractivity contribution in [3.05, 3.63) is 119 Å². The summed E-state index contributed by atoms with van der Waals surface area (Å²) < 4.78 is 37.9. The number of pyridine rings is 1. The molecule has 0 saturated carbocycles. The number of nitrogens with zero attached hydrogens (tertiary/aromatic N) is 3. The lowest BCUT2D eigenvalue weighted by Gasteiger charge is -2.39. The number of ether oxygens (including phenoxy) is 2. The van der Waals surface area contributed by atoms with Crippen LogP contribution < -0.4 is 11.1 Å². The van der Waals surface area contributed by atoms with Crippen LogP contribution in [0.5, 0.6) is 0 Å². The van der Waals surface area contributed by atoms with Crippen molar-refractivity contribution < 1.29 is 32.3 Å². The molecule has 46 heavy (non-hydrogen) atoms. The third kappa shape index (κ3) is 5.61. The predicted molar refractivity (Wildman–Crippen MR) is 169 cm³/mol. The topological polar surface area (TPSA) is 171 Å². The number of carbonyl (C=O) groups is 3. The van der Waals surface area contributed by atoms with E-state index in [2.05, 4.69) is 15.3 Å². The smallest absolute Gasteiger partial charge is 0.407 e. The van der Waals surface area contributed by atoms with Gasteiger partial charge in [-0.3, -0.25) is 9.78 Å². The van der Waals surface area contributed by atoms with Crippen LogP contribution >= 0.6 is 11.3 Å². The predicted octanol–water partition coefficient (Wildman–Crippen LogP) is 3.49. The van der Waals surface area contributed by atoms with E-state index >= 15 is 0 Å². The highest BCUT2D eigenvalue weighted by molar-refractivity contribution is 7.94. The molecule has 3 N–H and O–H groups in total. The number of nitrogen functional groups attached to an aromatic ring is 1. The number of aromatic nitrogens is 2. The molecule has 2 saturated heterocycles. The number of nitrogens with one attached hydrogen (secondary N) is 1. The van der Waals surface area contributed by atoms with Crippen LogP contribution in [0.4, 0.5) is 9.93 Å². The highest BCUT2D eigenvalue weighted by atomic mass is 32.2. The molecule has 4 heterocycles. The van der Waals surface area contributed by atoms with E-state index in [1.54, 1.807) is 72.1 Å². The molecule has 2 aliphatic rings. The average Bonchev–Trinajstić information content (AvgIpc) is 3.56. The van der Waals surface area contributed by atoms with Gasteiger partial charge in [0.25, 0.3) is 5.91 Å². The van der Waals surface area contributed by atoms with E-state index in [4.69, 9.17) is 15.2 Å². The van der Waals surface area contributed by atoms with Crippen molar-refractivity contribution in [1.29, 1.82) is 0 Å². The second-order valence-electron chi connectivity index (χ2n) is 10.9. The fourth-order valence-corrected chi connectivity index (χ4v) is 8.42. The van der Waals surface area contributed by atoms with Gasteiger partial charge in [-0.15, -0.1) is 11.3 Å². The first-order valence-corrected chi connectivity index (χ1v) is 16.6. The molecular weight excluding hydrogens is 631 g/mol. The Labute approximate surface area is 268 Å². The third-order valence-corrected chi connectivity index (χ3v) is 11.4. The number of nitrogens with two attached hydrogens (primary N) is 1. The normalized spacial score (nSPS) is 22.3. The molecule has 4 aromatic rings. The summed E-state index contributed by atoms with van der Waals surface area (Å²) in [4.78, 5) is 49.7. The standard InChI is InChI=1S/C32H29N5O7S2/c1-32(19-43-31(40)35-17-23-18-45-30(33)36-23)26(29(39)44-25(20-10-4-2-5-11-20)21-12-6-3-7-13-21)37-27(38)24(28(37)46(32,41)42)16-22-14-8-9-15-34-22/h2-16,18,25-26,28H,17,19H2,1H3,(H2,33,36)(H,35,40)/t26-,28+,32-/m0/s1. The van der Waals surface area contributed by atoms with Crippen LogP contribution in [0.15, 0.2) is 96.0 Å². The maximum absolute atomic E-state index is 14.3. The molecule has 6 rings (SSSR count). The Morgan fingerprint density at radius 2 is 1.72 bits per heavy atom. The summed E-state index contributed by atoms with van der Waals surface area (Å²) in [5.74, 6) is -1.62. The largest absolute Gasteiger partial charge is 0.451 e. The van der Waals surface area contributed by atoms with Crippen LogP contribution in [0, 0.1) is 0 Å². The molecule has 2 amide bonds. The molecule has 0 unspecified atom stereocenters. The van der Waals surface area contributed by atoms with Crippen LogP contribution in [0.25, 0.3) is 6.08 Å². The molecule has 2 aromatic carbocycles. The Morgan fingerprint density at radius 3 is 2.30 bits per heavy atom. The number of carbonyl (C=O) groups excluding carboxylic acids is 3. The zero-order valence-corrected chi connectivity index (χ0v) is 26.1. The number of hydrogen-bond donors (Lipinski definition) is 2. The number of esters is 1. The number of thiazole rings is 1. The quantitative estimate of drug-likeness (QED) is 0.154. The van der Waals surface area contributed by atoms with Crippen LogP contribution in [-0.4, -0.2) is 64.0 Å². The molecule has 0 aliphatic carbocycles. The summed E-state index contributed by atoms with van der Waals surface area (Å²) in [5, 5.41) is 3.02. The Bertz CT molecular complexity index is 1860. The zero-order chi connectivity index (χ0) is 32.5. The van der Waals surface area contributed by atoms with Gasteiger partial charge in [0.05, 0.1) is 23.5 Å². The van der Waals surface area contributed by atoms with Crippen molar-refractivity contribution in [2.45, 2.75) is 35.7 Å². The number of benzene rings is 2. The highest BCUT2D eigenvalue weighted by Gasteiger charge is 2.73. The first kappa shape index (κ1) is 30.9. The van der Waals surface area contributed by atoms with E-state index < -0.39 is 56.7 Å². The van der Waals surface area contributed by atoms with Crippen molar-refractivity contribution in [3.63, 3.8) is 0 Å². The minimum absolute atomic E-state index is 0.0124. The lowest BCUT2D eigenvalue weighted by Crippen LogP contribution is -2.60. The summed E-state index contributed by atoms with van der Waals surface area (Å²) in [7, 11) is -4.37. The summed E-state index contributed by atoms with van der Waals surface area (Å²) in [5.41, 5.74) is 7.75. The third-order valence-electron chi connectivity index (χ3n) is 7.93. The molecule has 0 bridgehead atoms. The summed E-state index contributed by atoms with van der Waals surface area (Å²) in [6.07, 6.45) is 1.06. The van der Waals surface area contributed by atoms with Gasteiger partial charge >= 0.3 is 12.1 Å². The van der Waals surface area contributed by atoms with E-state index in [-0.39, 0.29) is 12.1 Å². The van der Waals surface area contributed by atoms with Crippen LogP contribution in [0.3, 0.4) is 0 Å². The van der Waals surface area contributed by atoms with Crippen molar-refractivity contribution in [1.82, 2.24) is 20.2 Å². The van der Waals surface area contributed by atoms with Crippen LogP contribution in [0.2, 0.25) is 0 Å². The Morgan fingerprint density at radius 1 is 1.07 bits per heavy atom. The minimum atomic E-state index is -4.37. The van der Waals surface area contributed by atoms with Gasteiger partial charge in [0.1, 0.15) is 11.4 Å². The fourth-order valence-electron chi connectivity index (χ4n) is 5.59. The van der Waals surface area contributed by atoms with Crippen molar-refractivity contribution in [2.75, 3.05) is 12.3 Å². The van der Waals surface area contributed by atoms with Gasteiger partial charge in [-0.2, -0.15) is 0 Å². The summed E-state index contributed by atoms with van der Waals surface area (Å²) >= 11 is 1.20. The highest BCUT2D eigenvalue weighted by Crippen LogP contribution is 2.50. The Kier molecular flexibility index (Phi) is 8.32. The molecule has 14 heteroatoms. The van der Waals surface area contributed by atoms with Gasteiger partial charge in [0.2, 0.25) is 0 Å². The van der Waals surface area contributed by atoms with Crippen molar-refractivity contribution in [2.24, 2.45) is 0 Å². The molecule has 2 fully saturated rings. The van der Waals surface area contributed by atoms with E-state index in [9.17, 15) is 22.8 Å². The zero-order valence-electron chi connectivity index (χ0n) is 24.5. The van der Waals surface area contributed by atoms with Gasteiger partial charge in [0, 0.05) is 11.6 Å². The van der Waals surface area contributed by atoms with Gasteiger partial charge in [0.15, 0.2) is 32.5 Å². The van der Waals surface area contributed by atoms with E-state index in [1.807, 2.05) is 12.1 Å². The maximum Gasteiger partial charge on any atom is 0.407 e. The molecule has 3 atom stereocenters. The molecule has 0 spiro atoms. The number of hydrogen-bond acceptors (Lipinski definition) is 11. The van der Waals surface area contributed by atoms with E-state index in [1.165, 1.54) is 30.5 Å². The second kappa shape index (κ2) is 12.4. The van der Waals surface area contributed by atoms with Gasteiger partial charge in [-0.1, -0.05) is 66.7 Å². The van der Waals surface area contributed by atoms with Gasteiger partial charge < -0.3 is 25.4 Å². The SMILES string of the molecule is C[C@]1(COC(=O)NCc2csc(N)n2)[C@H](C(=O)OC(c2ccccc2)c2ccccc2)N2C(=O)C(=Cc3ccccn3)[C@H]2S1(=O)=O.